The van der Waals surface area contributed by atoms with Gasteiger partial charge in [0.25, 0.3) is 0 Å². The van der Waals surface area contributed by atoms with Crippen molar-refractivity contribution in [3.8, 4) is 11.3 Å². The number of nitrogens with one attached hydrogen (secondary N) is 3. The van der Waals surface area contributed by atoms with E-state index in [1.807, 2.05) is 0 Å². The zero-order chi connectivity index (χ0) is 22.8. The number of carbonyl (C=O) groups is 1. The van der Waals surface area contributed by atoms with Gasteiger partial charge in [-0.3, -0.25) is 9.81 Å². The van der Waals surface area contributed by atoms with E-state index in [1.54, 1.807) is 65.6 Å². The third-order valence-corrected chi connectivity index (χ3v) is 4.59. The van der Waals surface area contributed by atoms with Gasteiger partial charge >= 0.3 is 12.2 Å². The van der Waals surface area contributed by atoms with Gasteiger partial charge in [0.1, 0.15) is 18.0 Å². The molecule has 0 radical (unpaired) electrons. The molecule has 0 unspecified atom stereocenters. The van der Waals surface area contributed by atoms with Crippen LogP contribution in [0.2, 0.25) is 0 Å². The highest BCUT2D eigenvalue weighted by Crippen LogP contribution is 2.24. The predicted octanol–water partition coefficient (Wildman–Crippen LogP) is 3.82. The SMILES string of the molecule is C.CN(C(=N)c1ccn2c(-c3cccc(NC(=O)NCC(F)(F)F)c3)cnc2c1)C(N)=S. The number of carbonyl (C=O) groups excluding carboxylic acids is 1. The van der Waals surface area contributed by atoms with Crippen molar-refractivity contribution in [2.45, 2.75) is 13.6 Å². The molecule has 1 aromatic carbocycles. The van der Waals surface area contributed by atoms with Gasteiger partial charge in [0, 0.05) is 30.1 Å². The molecule has 0 aliphatic rings. The first kappa shape index (κ1) is 24.6. The number of alkyl halides is 3. The summed E-state index contributed by atoms with van der Waals surface area (Å²) in [5.74, 6) is 0.121. The molecule has 32 heavy (non-hydrogen) atoms. The second kappa shape index (κ2) is 9.64. The summed E-state index contributed by atoms with van der Waals surface area (Å²) < 4.78 is 38.5. The summed E-state index contributed by atoms with van der Waals surface area (Å²) in [4.78, 5) is 17.4. The number of imidazole rings is 1. The van der Waals surface area contributed by atoms with Crippen LogP contribution in [0.5, 0.6) is 0 Å². The van der Waals surface area contributed by atoms with Gasteiger partial charge in [-0.2, -0.15) is 13.2 Å². The van der Waals surface area contributed by atoms with Crippen molar-refractivity contribution in [2.24, 2.45) is 5.73 Å². The van der Waals surface area contributed by atoms with Gasteiger partial charge in [-0.1, -0.05) is 19.6 Å². The number of nitrogens with zero attached hydrogens (tertiary/aromatic N) is 3. The molecule has 0 bridgehead atoms. The lowest BCUT2D eigenvalue weighted by atomic mass is 10.1. The molecule has 3 rings (SSSR count). The second-order valence-electron chi connectivity index (χ2n) is 6.54. The van der Waals surface area contributed by atoms with Crippen LogP contribution in [0.25, 0.3) is 16.9 Å². The third-order valence-electron chi connectivity index (χ3n) is 4.32. The Hall–Kier alpha value is -3.67. The lowest BCUT2D eigenvalue weighted by Crippen LogP contribution is -2.37. The second-order valence-corrected chi connectivity index (χ2v) is 6.95. The Kier molecular flexibility index (Phi) is 7.41. The minimum absolute atomic E-state index is 0. The summed E-state index contributed by atoms with van der Waals surface area (Å²) in [5, 5.41) is 12.4. The maximum atomic E-state index is 12.2. The molecule has 170 valence electrons. The van der Waals surface area contributed by atoms with E-state index in [0.717, 1.165) is 0 Å². The predicted molar refractivity (Wildman–Crippen MR) is 122 cm³/mol. The first-order chi connectivity index (χ1) is 14.5. The monoisotopic (exact) mass is 465 g/mol. The quantitative estimate of drug-likeness (QED) is 0.266. The van der Waals surface area contributed by atoms with Crippen LogP contribution in [0.3, 0.4) is 0 Å². The van der Waals surface area contributed by atoms with Crippen molar-refractivity contribution in [3.63, 3.8) is 0 Å². The van der Waals surface area contributed by atoms with E-state index in [1.165, 1.54) is 4.90 Å². The molecule has 3 aromatic rings. The molecule has 5 N–H and O–H groups in total. The normalized spacial score (nSPS) is 10.9. The van der Waals surface area contributed by atoms with Crippen LogP contribution in [0.4, 0.5) is 23.7 Å². The molecule has 0 aliphatic carbocycles. The number of amides is 2. The molecule has 2 amide bonds. The summed E-state index contributed by atoms with van der Waals surface area (Å²) in [6.07, 6.45) is -1.15. The fourth-order valence-corrected chi connectivity index (χ4v) is 2.85. The number of urea groups is 1. The fourth-order valence-electron chi connectivity index (χ4n) is 2.76. The molecule has 0 aliphatic heterocycles. The maximum Gasteiger partial charge on any atom is 0.405 e. The smallest absolute Gasteiger partial charge is 0.376 e. The molecule has 12 heteroatoms. The Bertz CT molecular complexity index is 1160. The Morgan fingerprint density at radius 1 is 1.31 bits per heavy atom. The number of hydrogen-bond acceptors (Lipinski definition) is 4. The number of anilines is 1. The van der Waals surface area contributed by atoms with Crippen LogP contribution < -0.4 is 16.4 Å². The average Bonchev–Trinajstić information content (AvgIpc) is 3.14. The summed E-state index contributed by atoms with van der Waals surface area (Å²) in [6.45, 7) is -1.42. The lowest BCUT2D eigenvalue weighted by Gasteiger charge is -2.17. The molecule has 0 saturated carbocycles. The van der Waals surface area contributed by atoms with Crippen LogP contribution in [-0.4, -0.2) is 51.0 Å². The zero-order valence-corrected chi connectivity index (χ0v) is 17.0. The Morgan fingerprint density at radius 2 is 2.03 bits per heavy atom. The Labute approximate surface area is 187 Å². The van der Waals surface area contributed by atoms with Crippen molar-refractivity contribution in [2.75, 3.05) is 18.9 Å². The Morgan fingerprint density at radius 3 is 2.69 bits per heavy atom. The number of nitrogens with two attached hydrogens (primary N) is 1. The van der Waals surface area contributed by atoms with Crippen LogP contribution in [0, 0.1) is 5.41 Å². The van der Waals surface area contributed by atoms with Crippen molar-refractivity contribution in [1.29, 1.82) is 5.41 Å². The van der Waals surface area contributed by atoms with E-state index in [2.05, 4.69) is 10.3 Å². The van der Waals surface area contributed by atoms with E-state index >= 15 is 0 Å². The summed E-state index contributed by atoms with van der Waals surface area (Å²) in [5.41, 5.74) is 8.39. The number of benzene rings is 1. The number of aromatic nitrogens is 2. The minimum atomic E-state index is -4.49. The molecular formula is C20H22F3N7OS. The third kappa shape index (κ3) is 5.72. The van der Waals surface area contributed by atoms with Gasteiger partial charge < -0.3 is 21.3 Å². The van der Waals surface area contributed by atoms with Gasteiger partial charge in [0.15, 0.2) is 5.11 Å². The molecule has 2 aromatic heterocycles. The van der Waals surface area contributed by atoms with Gasteiger partial charge in [-0.05, 0) is 36.5 Å². The first-order valence-corrected chi connectivity index (χ1v) is 9.27. The molecule has 0 saturated heterocycles. The summed E-state index contributed by atoms with van der Waals surface area (Å²) >= 11 is 4.89. The first-order valence-electron chi connectivity index (χ1n) is 8.86. The average molecular weight is 466 g/mol. The van der Waals surface area contributed by atoms with E-state index < -0.39 is 18.8 Å². The maximum absolute atomic E-state index is 12.2. The van der Waals surface area contributed by atoms with Gasteiger partial charge in [-0.15, -0.1) is 0 Å². The largest absolute Gasteiger partial charge is 0.405 e. The van der Waals surface area contributed by atoms with E-state index in [4.69, 9.17) is 23.4 Å². The molecule has 0 spiro atoms. The number of halogens is 3. The van der Waals surface area contributed by atoms with Crippen molar-refractivity contribution < 1.29 is 18.0 Å². The highest BCUT2D eigenvalue weighted by atomic mass is 32.1. The van der Waals surface area contributed by atoms with Crippen LogP contribution in [0.15, 0.2) is 48.8 Å². The van der Waals surface area contributed by atoms with Crippen molar-refractivity contribution in [1.82, 2.24) is 19.6 Å². The molecule has 0 fully saturated rings. The number of amidine groups is 1. The lowest BCUT2D eigenvalue weighted by molar-refractivity contribution is -0.122. The van der Waals surface area contributed by atoms with Crippen molar-refractivity contribution >= 4 is 40.5 Å². The fraction of sp³-hybridized carbons (Fsp3) is 0.200. The van der Waals surface area contributed by atoms with Crippen molar-refractivity contribution in [3.05, 3.63) is 54.4 Å². The number of fused-ring (bicyclic) bond motifs is 1. The highest BCUT2D eigenvalue weighted by Gasteiger charge is 2.27. The molecule has 2 heterocycles. The number of rotatable bonds is 4. The number of hydrogen-bond donors (Lipinski definition) is 4. The van der Waals surface area contributed by atoms with Gasteiger partial charge in [0.05, 0.1) is 11.9 Å². The van der Waals surface area contributed by atoms with E-state index in [9.17, 15) is 18.0 Å². The summed E-state index contributed by atoms with van der Waals surface area (Å²) in [7, 11) is 1.59. The molecule has 8 nitrogen and oxygen atoms in total. The number of pyridine rings is 1. The van der Waals surface area contributed by atoms with Gasteiger partial charge in [0.2, 0.25) is 0 Å². The van der Waals surface area contributed by atoms with E-state index in [0.29, 0.717) is 28.2 Å². The van der Waals surface area contributed by atoms with Crippen LogP contribution in [-0.2, 0) is 0 Å². The minimum Gasteiger partial charge on any atom is -0.376 e. The highest BCUT2D eigenvalue weighted by molar-refractivity contribution is 7.80. The molecule has 0 atom stereocenters. The standard InChI is InChI=1S/C19H18F3N7OS.CH4/c1-28(17(24)31)16(23)12-5-6-29-14(9-25-15(29)8-12)11-3-2-4-13(7-11)27-18(30)26-10-19(20,21)22;/h2-9,23H,10H2,1H3,(H2,24,31)(H2,26,27,30);1H4. The topological polar surface area (TPSA) is 112 Å². The number of thiocarbonyl (C=S) groups is 1. The van der Waals surface area contributed by atoms with Crippen LogP contribution in [0.1, 0.15) is 13.0 Å². The van der Waals surface area contributed by atoms with E-state index in [-0.39, 0.29) is 18.4 Å². The zero-order valence-electron chi connectivity index (χ0n) is 16.2. The Balaban J connectivity index is 0.00000363. The van der Waals surface area contributed by atoms with Gasteiger partial charge in [-0.25, -0.2) is 9.78 Å². The molecular weight excluding hydrogens is 443 g/mol. The summed E-state index contributed by atoms with van der Waals surface area (Å²) in [6, 6.07) is 9.07. The van der Waals surface area contributed by atoms with Crippen LogP contribution >= 0.6 is 12.2 Å².